The van der Waals surface area contributed by atoms with Crippen LogP contribution in [0, 0.1) is 0 Å². The van der Waals surface area contributed by atoms with Gasteiger partial charge in [0.15, 0.2) is 9.84 Å². The highest BCUT2D eigenvalue weighted by molar-refractivity contribution is 7.90. The van der Waals surface area contributed by atoms with Gasteiger partial charge in [-0.3, -0.25) is 9.80 Å². The first-order valence-corrected chi connectivity index (χ1v) is 10.1. The number of benzene rings is 1. The fraction of sp³-hybridized carbons (Fsp3) is 0.647. The van der Waals surface area contributed by atoms with Gasteiger partial charge in [-0.15, -0.1) is 0 Å². The van der Waals surface area contributed by atoms with Crippen molar-refractivity contribution in [3.63, 3.8) is 0 Å². The highest BCUT2D eigenvalue weighted by atomic mass is 32.2. The molecular formula is C17H26N2O2S. The molecule has 1 aromatic carbocycles. The van der Waals surface area contributed by atoms with Gasteiger partial charge in [-0.25, -0.2) is 8.42 Å². The lowest BCUT2D eigenvalue weighted by atomic mass is 10.1. The average Bonchev–Trinajstić information content (AvgIpc) is 3.16. The molecule has 1 aromatic rings. The summed E-state index contributed by atoms with van der Waals surface area (Å²) in [5, 5.41) is 0. The van der Waals surface area contributed by atoms with Crippen LogP contribution in [0.3, 0.4) is 0 Å². The molecule has 2 heterocycles. The van der Waals surface area contributed by atoms with Gasteiger partial charge >= 0.3 is 0 Å². The van der Waals surface area contributed by atoms with Gasteiger partial charge in [0, 0.05) is 31.4 Å². The molecule has 2 atom stereocenters. The number of sulfone groups is 1. The van der Waals surface area contributed by atoms with Crippen molar-refractivity contribution in [2.24, 2.45) is 0 Å². The molecule has 3 rings (SSSR count). The maximum absolute atomic E-state index is 11.5. The second-order valence-corrected chi connectivity index (χ2v) is 8.71. The second-order valence-electron chi connectivity index (χ2n) is 6.70. The molecule has 0 N–H and O–H groups in total. The summed E-state index contributed by atoms with van der Waals surface area (Å²) in [7, 11) is -3.10. The van der Waals surface area contributed by atoms with Crippen LogP contribution in [0.2, 0.25) is 0 Å². The van der Waals surface area contributed by atoms with Crippen LogP contribution in [0.5, 0.6) is 0 Å². The van der Waals surface area contributed by atoms with Gasteiger partial charge in [-0.2, -0.15) is 0 Å². The average molecular weight is 322 g/mol. The van der Waals surface area contributed by atoms with Gasteiger partial charge in [0.1, 0.15) is 0 Å². The zero-order valence-electron chi connectivity index (χ0n) is 13.5. The summed E-state index contributed by atoms with van der Waals surface area (Å²) in [6.45, 7) is 7.01. The van der Waals surface area contributed by atoms with Crippen molar-refractivity contribution in [3.05, 3.63) is 29.8 Å². The lowest BCUT2D eigenvalue weighted by molar-refractivity contribution is 0.208. The molecule has 0 saturated carbocycles. The summed E-state index contributed by atoms with van der Waals surface area (Å²) >= 11 is 0. The third-order valence-electron chi connectivity index (χ3n) is 5.19. The van der Waals surface area contributed by atoms with Gasteiger partial charge in [-0.1, -0.05) is 12.1 Å². The first-order valence-electron chi connectivity index (χ1n) is 8.23. The van der Waals surface area contributed by atoms with Crippen LogP contribution < -0.4 is 0 Å². The van der Waals surface area contributed by atoms with Crippen LogP contribution >= 0.6 is 0 Å². The van der Waals surface area contributed by atoms with Crippen molar-refractivity contribution in [1.82, 2.24) is 9.80 Å². The van der Waals surface area contributed by atoms with E-state index in [1.165, 1.54) is 44.2 Å². The van der Waals surface area contributed by atoms with Crippen molar-refractivity contribution >= 4 is 9.84 Å². The fourth-order valence-electron chi connectivity index (χ4n) is 3.73. The highest BCUT2D eigenvalue weighted by Gasteiger charge is 2.31. The van der Waals surface area contributed by atoms with Crippen LogP contribution in [0.15, 0.2) is 29.2 Å². The number of likely N-dealkylation sites (tertiary alicyclic amines) is 2. The lowest BCUT2D eigenvalue weighted by Crippen LogP contribution is -2.35. The van der Waals surface area contributed by atoms with E-state index in [1.807, 2.05) is 12.1 Å². The smallest absolute Gasteiger partial charge is 0.175 e. The molecule has 5 heteroatoms. The molecule has 0 aliphatic carbocycles. The van der Waals surface area contributed by atoms with Gasteiger partial charge in [0.05, 0.1) is 4.90 Å². The summed E-state index contributed by atoms with van der Waals surface area (Å²) in [6.07, 6.45) is 5.20. The molecule has 0 radical (unpaired) electrons. The molecule has 4 nitrogen and oxygen atoms in total. The molecule has 2 aliphatic rings. The van der Waals surface area contributed by atoms with E-state index < -0.39 is 9.84 Å². The van der Waals surface area contributed by atoms with Crippen molar-refractivity contribution < 1.29 is 8.42 Å². The Hall–Kier alpha value is -0.910. The number of hydrogen-bond acceptors (Lipinski definition) is 4. The van der Waals surface area contributed by atoms with Crippen LogP contribution in [-0.4, -0.2) is 56.7 Å². The quantitative estimate of drug-likeness (QED) is 0.853. The van der Waals surface area contributed by atoms with Gasteiger partial charge in [0.25, 0.3) is 0 Å². The normalized spacial score (nSPS) is 25.6. The second kappa shape index (κ2) is 6.30. The van der Waals surface area contributed by atoms with Gasteiger partial charge in [0.2, 0.25) is 0 Å². The zero-order chi connectivity index (χ0) is 15.7. The van der Waals surface area contributed by atoms with Crippen LogP contribution in [-0.2, 0) is 9.84 Å². The molecule has 22 heavy (non-hydrogen) atoms. The van der Waals surface area contributed by atoms with Crippen LogP contribution in [0.4, 0.5) is 0 Å². The number of rotatable bonds is 4. The molecule has 2 fully saturated rings. The maximum atomic E-state index is 11.5. The van der Waals surface area contributed by atoms with Crippen LogP contribution in [0.25, 0.3) is 0 Å². The van der Waals surface area contributed by atoms with Gasteiger partial charge < -0.3 is 0 Å². The van der Waals surface area contributed by atoms with E-state index >= 15 is 0 Å². The topological polar surface area (TPSA) is 40.6 Å². The van der Waals surface area contributed by atoms with Crippen molar-refractivity contribution in [2.45, 2.75) is 43.2 Å². The first-order chi connectivity index (χ1) is 10.4. The minimum Gasteiger partial charge on any atom is -0.299 e. The molecule has 2 aliphatic heterocycles. The molecule has 0 bridgehead atoms. The van der Waals surface area contributed by atoms with Gasteiger partial charge in [-0.05, 0) is 57.0 Å². The molecule has 0 unspecified atom stereocenters. The highest BCUT2D eigenvalue weighted by Crippen LogP contribution is 2.28. The summed E-state index contributed by atoms with van der Waals surface area (Å²) in [4.78, 5) is 5.57. The minimum atomic E-state index is -3.10. The van der Waals surface area contributed by atoms with E-state index in [0.29, 0.717) is 17.0 Å². The van der Waals surface area contributed by atoms with E-state index in [4.69, 9.17) is 0 Å². The lowest BCUT2D eigenvalue weighted by Gasteiger charge is -2.27. The summed E-state index contributed by atoms with van der Waals surface area (Å²) in [5.41, 5.74) is 1.20. The van der Waals surface area contributed by atoms with Crippen molar-refractivity contribution in [1.29, 1.82) is 0 Å². The fourth-order valence-corrected chi connectivity index (χ4v) is 4.36. The number of hydrogen-bond donors (Lipinski definition) is 0. The standard InChI is InChI=1S/C17H26N2O2S/c1-14(15-5-7-17(8-6-15)22(2,20)21)19-12-9-16(13-19)18-10-3-4-11-18/h5-8,14,16H,3-4,9-13H2,1-2H3/t14-,16+/m1/s1. The predicted octanol–water partition coefficient (Wildman–Crippen LogP) is 2.32. The van der Waals surface area contributed by atoms with E-state index in [0.717, 1.165) is 13.1 Å². The van der Waals surface area contributed by atoms with Crippen molar-refractivity contribution in [2.75, 3.05) is 32.4 Å². The molecule has 0 spiro atoms. The summed E-state index contributed by atoms with van der Waals surface area (Å²) < 4.78 is 23.1. The maximum Gasteiger partial charge on any atom is 0.175 e. The Morgan fingerprint density at radius 2 is 1.73 bits per heavy atom. The Bertz CT molecular complexity index is 606. The number of nitrogens with zero attached hydrogens (tertiary/aromatic N) is 2. The predicted molar refractivity (Wildman–Crippen MR) is 88.8 cm³/mol. The van der Waals surface area contributed by atoms with E-state index in [-0.39, 0.29) is 0 Å². The van der Waals surface area contributed by atoms with Crippen molar-refractivity contribution in [3.8, 4) is 0 Å². The summed E-state index contributed by atoms with van der Waals surface area (Å²) in [5.74, 6) is 0. The minimum absolute atomic E-state index is 0.348. The Kier molecular flexibility index (Phi) is 4.57. The summed E-state index contributed by atoms with van der Waals surface area (Å²) in [6, 6.07) is 8.44. The van der Waals surface area contributed by atoms with E-state index in [2.05, 4.69) is 16.7 Å². The Labute approximate surface area is 134 Å². The third kappa shape index (κ3) is 3.36. The zero-order valence-corrected chi connectivity index (χ0v) is 14.3. The first kappa shape index (κ1) is 16.0. The molecule has 122 valence electrons. The largest absolute Gasteiger partial charge is 0.299 e. The Morgan fingerprint density at radius 1 is 1.09 bits per heavy atom. The van der Waals surface area contributed by atoms with E-state index in [1.54, 1.807) is 12.1 Å². The molecule has 0 amide bonds. The SMILES string of the molecule is C[C@H](c1ccc(S(C)(=O)=O)cc1)N1CC[C@H](N2CCCC2)C1. The van der Waals surface area contributed by atoms with Crippen LogP contribution in [0.1, 0.15) is 37.8 Å². The monoisotopic (exact) mass is 322 g/mol. The molecular weight excluding hydrogens is 296 g/mol. The molecule has 2 saturated heterocycles. The Morgan fingerprint density at radius 3 is 2.32 bits per heavy atom. The van der Waals surface area contributed by atoms with E-state index in [9.17, 15) is 8.42 Å². The third-order valence-corrected chi connectivity index (χ3v) is 6.32. The molecule has 0 aromatic heterocycles. The Balaban J connectivity index is 1.65.